The molecular weight excluding hydrogens is 455 g/mol. The second-order valence-electron chi connectivity index (χ2n) is 8.60. The Kier molecular flexibility index (Phi) is 7.50. The molecule has 2 aromatic carbocycles. The van der Waals surface area contributed by atoms with Gasteiger partial charge in [0.15, 0.2) is 5.78 Å². The van der Waals surface area contributed by atoms with Crippen molar-refractivity contribution in [3.8, 4) is 5.75 Å². The molecular formula is C25H29FN4O5. The molecule has 0 radical (unpaired) electrons. The molecule has 2 amide bonds. The molecule has 0 unspecified atom stereocenters. The smallest absolute Gasteiger partial charge is 0.414 e. The van der Waals surface area contributed by atoms with E-state index in [0.29, 0.717) is 55.4 Å². The summed E-state index contributed by atoms with van der Waals surface area (Å²) in [4.78, 5) is 41.2. The van der Waals surface area contributed by atoms with Crippen LogP contribution in [0.1, 0.15) is 17.3 Å². The second kappa shape index (κ2) is 10.7. The van der Waals surface area contributed by atoms with E-state index in [4.69, 9.17) is 9.47 Å². The summed E-state index contributed by atoms with van der Waals surface area (Å²) in [5.74, 6) is 0.101. The fourth-order valence-corrected chi connectivity index (χ4v) is 4.23. The van der Waals surface area contributed by atoms with Crippen LogP contribution in [0.3, 0.4) is 0 Å². The van der Waals surface area contributed by atoms with E-state index in [1.54, 1.807) is 43.5 Å². The maximum absolute atomic E-state index is 15.0. The maximum atomic E-state index is 15.0. The number of anilines is 2. The monoisotopic (exact) mass is 484 g/mol. The molecule has 10 heteroatoms. The van der Waals surface area contributed by atoms with E-state index in [0.717, 1.165) is 0 Å². The number of amides is 2. The number of Topliss-reactive ketones (excluding diaryl/α,β-unsaturated/α-hetero) is 1. The molecule has 9 nitrogen and oxygen atoms in total. The molecule has 0 saturated carbocycles. The number of nitrogens with zero attached hydrogens (tertiary/aromatic N) is 3. The Morgan fingerprint density at radius 1 is 1.11 bits per heavy atom. The number of benzene rings is 2. The van der Waals surface area contributed by atoms with E-state index >= 15 is 4.39 Å². The molecule has 2 heterocycles. The molecule has 186 valence electrons. The Labute approximate surface area is 203 Å². The number of hydrogen-bond acceptors (Lipinski definition) is 7. The third kappa shape index (κ3) is 5.89. The first-order chi connectivity index (χ1) is 16.8. The number of carbonyl (C=O) groups excluding carboxylic acids is 3. The van der Waals surface area contributed by atoms with Crippen molar-refractivity contribution < 1.29 is 28.2 Å². The van der Waals surface area contributed by atoms with Crippen molar-refractivity contribution in [3.63, 3.8) is 0 Å². The zero-order valence-electron chi connectivity index (χ0n) is 19.8. The number of carbonyl (C=O) groups is 3. The van der Waals surface area contributed by atoms with Crippen molar-refractivity contribution in [2.75, 3.05) is 62.7 Å². The summed E-state index contributed by atoms with van der Waals surface area (Å²) in [6, 6.07) is 11.7. The van der Waals surface area contributed by atoms with E-state index in [-0.39, 0.29) is 24.8 Å². The Morgan fingerprint density at radius 3 is 2.46 bits per heavy atom. The molecule has 0 bridgehead atoms. The number of ketones is 1. The zero-order valence-corrected chi connectivity index (χ0v) is 19.8. The van der Waals surface area contributed by atoms with Crippen LogP contribution in [0, 0.1) is 5.82 Å². The third-order valence-electron chi connectivity index (χ3n) is 6.19. The Morgan fingerprint density at radius 2 is 1.83 bits per heavy atom. The van der Waals surface area contributed by atoms with Crippen molar-refractivity contribution in [1.82, 2.24) is 10.2 Å². The van der Waals surface area contributed by atoms with Crippen LogP contribution in [0.4, 0.5) is 20.6 Å². The van der Waals surface area contributed by atoms with Crippen molar-refractivity contribution in [2.24, 2.45) is 0 Å². The third-order valence-corrected chi connectivity index (χ3v) is 6.19. The van der Waals surface area contributed by atoms with Crippen molar-refractivity contribution in [2.45, 2.75) is 13.0 Å². The van der Waals surface area contributed by atoms with Gasteiger partial charge in [-0.1, -0.05) is 0 Å². The summed E-state index contributed by atoms with van der Waals surface area (Å²) in [6.07, 6.45) is -1.05. The molecule has 2 aliphatic heterocycles. The van der Waals surface area contributed by atoms with Gasteiger partial charge in [-0.05, 0) is 42.5 Å². The number of methoxy groups -OCH3 is 1. The number of cyclic esters (lactones) is 1. The average Bonchev–Trinajstić information content (AvgIpc) is 3.23. The van der Waals surface area contributed by atoms with E-state index in [1.165, 1.54) is 17.9 Å². The lowest BCUT2D eigenvalue weighted by Crippen LogP contribution is -2.48. The fourth-order valence-electron chi connectivity index (χ4n) is 4.23. The molecule has 4 rings (SSSR count). The van der Waals surface area contributed by atoms with Crippen LogP contribution in [0.15, 0.2) is 42.5 Å². The first kappa shape index (κ1) is 24.5. The van der Waals surface area contributed by atoms with Crippen LogP contribution < -0.4 is 19.9 Å². The lowest BCUT2D eigenvalue weighted by Gasteiger charge is -2.36. The first-order valence-corrected chi connectivity index (χ1v) is 11.5. The lowest BCUT2D eigenvalue weighted by atomic mass is 10.1. The quantitative estimate of drug-likeness (QED) is 0.575. The number of ether oxygens (including phenoxy) is 2. The number of rotatable bonds is 8. The predicted molar refractivity (Wildman–Crippen MR) is 129 cm³/mol. The molecule has 2 fully saturated rings. The predicted octanol–water partition coefficient (Wildman–Crippen LogP) is 2.30. The van der Waals surface area contributed by atoms with E-state index < -0.39 is 18.0 Å². The molecule has 0 aromatic heterocycles. The summed E-state index contributed by atoms with van der Waals surface area (Å²) < 4.78 is 25.4. The van der Waals surface area contributed by atoms with Gasteiger partial charge in [0.1, 0.15) is 17.7 Å². The minimum absolute atomic E-state index is 0.0333. The van der Waals surface area contributed by atoms with E-state index in [1.807, 2.05) is 4.90 Å². The van der Waals surface area contributed by atoms with E-state index in [2.05, 4.69) is 10.2 Å². The number of halogens is 1. The van der Waals surface area contributed by atoms with Crippen molar-refractivity contribution in [1.29, 1.82) is 0 Å². The minimum Gasteiger partial charge on any atom is -0.497 e. The fraction of sp³-hybridized carbons (Fsp3) is 0.400. The molecule has 2 saturated heterocycles. The highest BCUT2D eigenvalue weighted by Crippen LogP contribution is 2.28. The molecule has 2 aromatic rings. The van der Waals surface area contributed by atoms with Crippen LogP contribution in [-0.4, -0.2) is 81.7 Å². The summed E-state index contributed by atoms with van der Waals surface area (Å²) in [5.41, 5.74) is 1.50. The standard InChI is InChI=1S/C25H29FN4O5/c1-17(31)27-14-21-15-30(25(33)35-21)19-5-8-23(22(26)13-19)29-11-9-28(10-12-29)16-24(32)18-3-6-20(34-2)7-4-18/h3-8,13,21H,9-12,14-16H2,1-2H3,(H,27,31)/t21-/m0/s1. The van der Waals surface area contributed by atoms with Crippen molar-refractivity contribution >= 4 is 29.2 Å². The van der Waals surface area contributed by atoms with Gasteiger partial charge < -0.3 is 19.7 Å². The molecule has 0 spiro atoms. The molecule has 1 N–H and O–H groups in total. The SMILES string of the molecule is COc1ccc(C(=O)CN2CCN(c3ccc(N4C[C@H](CNC(C)=O)OC4=O)cc3F)CC2)cc1. The van der Waals surface area contributed by atoms with Gasteiger partial charge in [0.25, 0.3) is 0 Å². The largest absolute Gasteiger partial charge is 0.497 e. The first-order valence-electron chi connectivity index (χ1n) is 11.5. The van der Waals surface area contributed by atoms with Gasteiger partial charge >= 0.3 is 6.09 Å². The van der Waals surface area contributed by atoms with E-state index in [9.17, 15) is 14.4 Å². The highest BCUT2D eigenvalue weighted by Gasteiger charge is 2.33. The Bertz CT molecular complexity index is 1090. The van der Waals surface area contributed by atoms with Gasteiger partial charge in [-0.3, -0.25) is 19.4 Å². The van der Waals surface area contributed by atoms with Gasteiger partial charge in [-0.15, -0.1) is 0 Å². The van der Waals surface area contributed by atoms with Gasteiger partial charge in [-0.2, -0.15) is 0 Å². The van der Waals surface area contributed by atoms with Crippen LogP contribution in [0.2, 0.25) is 0 Å². The van der Waals surface area contributed by atoms with Crippen LogP contribution >= 0.6 is 0 Å². The summed E-state index contributed by atoms with van der Waals surface area (Å²) in [5, 5.41) is 2.62. The maximum Gasteiger partial charge on any atom is 0.414 e. The average molecular weight is 485 g/mol. The van der Waals surface area contributed by atoms with Crippen LogP contribution in [0.5, 0.6) is 5.75 Å². The molecule has 0 aliphatic carbocycles. The lowest BCUT2D eigenvalue weighted by molar-refractivity contribution is -0.119. The normalized spacial score (nSPS) is 18.4. The summed E-state index contributed by atoms with van der Waals surface area (Å²) in [7, 11) is 1.58. The summed E-state index contributed by atoms with van der Waals surface area (Å²) in [6.45, 7) is 4.56. The Balaban J connectivity index is 1.31. The van der Waals surface area contributed by atoms with Gasteiger partial charge in [0.2, 0.25) is 5.91 Å². The minimum atomic E-state index is -0.567. The van der Waals surface area contributed by atoms with Crippen molar-refractivity contribution in [3.05, 3.63) is 53.8 Å². The highest BCUT2D eigenvalue weighted by molar-refractivity contribution is 5.97. The van der Waals surface area contributed by atoms with Gasteiger partial charge in [0, 0.05) is 38.7 Å². The van der Waals surface area contributed by atoms with Crippen LogP contribution in [-0.2, 0) is 9.53 Å². The number of hydrogen-bond donors (Lipinski definition) is 1. The Hall–Kier alpha value is -3.66. The van der Waals surface area contributed by atoms with Crippen LogP contribution in [0.25, 0.3) is 0 Å². The number of nitrogens with one attached hydrogen (secondary N) is 1. The van der Waals surface area contributed by atoms with Gasteiger partial charge in [-0.25, -0.2) is 9.18 Å². The molecule has 35 heavy (non-hydrogen) atoms. The zero-order chi connectivity index (χ0) is 24.9. The van der Waals surface area contributed by atoms with Gasteiger partial charge in [0.05, 0.1) is 38.1 Å². The topological polar surface area (TPSA) is 91.4 Å². The molecule has 2 aliphatic rings. The molecule has 1 atom stereocenters. The number of piperazine rings is 1. The summed E-state index contributed by atoms with van der Waals surface area (Å²) >= 11 is 0. The highest BCUT2D eigenvalue weighted by atomic mass is 19.1. The second-order valence-corrected chi connectivity index (χ2v) is 8.60.